The molecule has 0 fully saturated rings. The highest BCUT2D eigenvalue weighted by Gasteiger charge is 2.01. The molecule has 2 aromatic rings. The van der Waals surface area contributed by atoms with E-state index in [4.69, 9.17) is 0 Å². The lowest BCUT2D eigenvalue weighted by Crippen LogP contribution is -2.01. The van der Waals surface area contributed by atoms with Crippen LogP contribution in [0.4, 0.5) is 5.69 Å². The van der Waals surface area contributed by atoms with Crippen molar-refractivity contribution in [3.05, 3.63) is 54.7 Å². The Labute approximate surface area is 131 Å². The van der Waals surface area contributed by atoms with E-state index in [2.05, 4.69) is 83.0 Å². The van der Waals surface area contributed by atoms with Crippen LogP contribution in [0.2, 0.25) is 0 Å². The van der Waals surface area contributed by atoms with Crippen molar-refractivity contribution < 1.29 is 0 Å². The average Bonchev–Trinajstić information content (AvgIpc) is 2.30. The number of anilines is 1. The molecule has 17 heavy (non-hydrogen) atoms. The summed E-state index contributed by atoms with van der Waals surface area (Å²) in [6.07, 6.45) is 3.65. The van der Waals surface area contributed by atoms with Crippen LogP contribution in [0, 0.1) is 3.57 Å². The maximum Gasteiger partial charge on any atom is 0.0489 e. The Kier molecular flexibility index (Phi) is 4.81. The Morgan fingerprint density at radius 3 is 2.71 bits per heavy atom. The minimum Gasteiger partial charge on any atom is -0.380 e. The predicted molar refractivity (Wildman–Crippen MR) is 86.1 cm³/mol. The first-order valence-corrected chi connectivity index (χ1v) is 7.60. The van der Waals surface area contributed by atoms with Gasteiger partial charge in [-0.1, -0.05) is 15.9 Å². The molecule has 0 amide bonds. The second kappa shape index (κ2) is 6.15. The predicted octanol–water partition coefficient (Wildman–Crippen LogP) is 4.82. The molecule has 2 rings (SSSR count). The third-order valence-corrected chi connectivity index (χ3v) is 4.04. The van der Waals surface area contributed by atoms with Crippen molar-refractivity contribution in [2.45, 2.75) is 6.54 Å². The standard InChI is InChI=1S/C12H9Br2IN2/c13-9-1-2-11(15)12(4-9)17-6-8-3-10(14)7-16-5-8/h1-5,7,17H,6H2. The molecule has 88 valence electrons. The number of halogens is 3. The second-order valence-corrected chi connectivity index (χ2v) is 6.48. The lowest BCUT2D eigenvalue weighted by atomic mass is 10.2. The highest BCUT2D eigenvalue weighted by atomic mass is 127. The number of rotatable bonds is 3. The average molecular weight is 468 g/mol. The molecule has 0 aliphatic heterocycles. The minimum atomic E-state index is 0.763. The first kappa shape index (κ1) is 13.3. The van der Waals surface area contributed by atoms with Crippen LogP contribution in [-0.4, -0.2) is 4.98 Å². The summed E-state index contributed by atoms with van der Waals surface area (Å²) in [5.74, 6) is 0. The van der Waals surface area contributed by atoms with E-state index in [0.29, 0.717) is 0 Å². The topological polar surface area (TPSA) is 24.9 Å². The first-order valence-electron chi connectivity index (χ1n) is 4.93. The van der Waals surface area contributed by atoms with Gasteiger partial charge >= 0.3 is 0 Å². The van der Waals surface area contributed by atoms with Gasteiger partial charge in [0.2, 0.25) is 0 Å². The Balaban J connectivity index is 2.09. The fraction of sp³-hybridized carbons (Fsp3) is 0.0833. The van der Waals surface area contributed by atoms with E-state index in [9.17, 15) is 0 Å². The first-order chi connectivity index (χ1) is 8.15. The Morgan fingerprint density at radius 2 is 1.94 bits per heavy atom. The zero-order valence-electron chi connectivity index (χ0n) is 8.75. The van der Waals surface area contributed by atoms with Gasteiger partial charge in [-0.15, -0.1) is 0 Å². The number of hydrogen-bond donors (Lipinski definition) is 1. The fourth-order valence-electron chi connectivity index (χ4n) is 1.38. The smallest absolute Gasteiger partial charge is 0.0489 e. The zero-order valence-corrected chi connectivity index (χ0v) is 14.1. The van der Waals surface area contributed by atoms with Gasteiger partial charge in [-0.25, -0.2) is 0 Å². The Hall–Kier alpha value is -0.140. The largest absolute Gasteiger partial charge is 0.380 e. The maximum atomic E-state index is 4.14. The number of hydrogen-bond acceptors (Lipinski definition) is 2. The van der Waals surface area contributed by atoms with Gasteiger partial charge in [0.1, 0.15) is 0 Å². The SMILES string of the molecule is Brc1cncc(CNc2cc(Br)ccc2I)c1. The molecule has 0 atom stereocenters. The van der Waals surface area contributed by atoms with Crippen molar-refractivity contribution >= 4 is 60.1 Å². The summed E-state index contributed by atoms with van der Waals surface area (Å²) in [6, 6.07) is 8.25. The molecule has 1 heterocycles. The molecule has 1 aromatic heterocycles. The van der Waals surface area contributed by atoms with Gasteiger partial charge in [-0.3, -0.25) is 4.98 Å². The van der Waals surface area contributed by atoms with Gasteiger partial charge in [-0.05, 0) is 68.3 Å². The summed E-state index contributed by atoms with van der Waals surface area (Å²) in [6.45, 7) is 0.763. The van der Waals surface area contributed by atoms with E-state index in [-0.39, 0.29) is 0 Å². The summed E-state index contributed by atoms with van der Waals surface area (Å²) < 4.78 is 3.28. The van der Waals surface area contributed by atoms with Crippen LogP contribution in [0.3, 0.4) is 0 Å². The quantitative estimate of drug-likeness (QED) is 0.654. The highest BCUT2D eigenvalue weighted by Crippen LogP contribution is 2.23. The molecule has 0 aliphatic carbocycles. The van der Waals surface area contributed by atoms with Crippen LogP contribution in [0.1, 0.15) is 5.56 Å². The van der Waals surface area contributed by atoms with Gasteiger partial charge in [0.05, 0.1) is 0 Å². The number of nitrogens with one attached hydrogen (secondary N) is 1. The molecule has 1 N–H and O–H groups in total. The van der Waals surface area contributed by atoms with Gasteiger partial charge in [-0.2, -0.15) is 0 Å². The normalized spacial score (nSPS) is 10.3. The molecule has 0 saturated carbocycles. The fourth-order valence-corrected chi connectivity index (χ4v) is 2.68. The van der Waals surface area contributed by atoms with Crippen LogP contribution >= 0.6 is 54.5 Å². The molecular formula is C12H9Br2IN2. The molecule has 0 bridgehead atoms. The van der Waals surface area contributed by atoms with E-state index in [1.807, 2.05) is 12.3 Å². The van der Waals surface area contributed by atoms with Crippen LogP contribution in [0.25, 0.3) is 0 Å². The minimum absolute atomic E-state index is 0.763. The van der Waals surface area contributed by atoms with Crippen LogP contribution in [0.5, 0.6) is 0 Å². The molecular weight excluding hydrogens is 459 g/mol. The van der Waals surface area contributed by atoms with E-state index in [1.54, 1.807) is 6.20 Å². The second-order valence-electron chi connectivity index (χ2n) is 3.49. The summed E-state index contributed by atoms with van der Waals surface area (Å²) in [5.41, 5.74) is 2.27. The summed E-state index contributed by atoms with van der Waals surface area (Å²) in [5, 5.41) is 3.40. The van der Waals surface area contributed by atoms with Crippen LogP contribution < -0.4 is 5.32 Å². The van der Waals surface area contributed by atoms with E-state index in [0.717, 1.165) is 26.7 Å². The third-order valence-electron chi connectivity index (χ3n) is 2.17. The summed E-state index contributed by atoms with van der Waals surface area (Å²) >= 11 is 9.20. The number of pyridine rings is 1. The number of benzene rings is 1. The van der Waals surface area contributed by atoms with Gasteiger partial charge in [0.25, 0.3) is 0 Å². The highest BCUT2D eigenvalue weighted by molar-refractivity contribution is 14.1. The van der Waals surface area contributed by atoms with Gasteiger partial charge < -0.3 is 5.32 Å². The lowest BCUT2D eigenvalue weighted by molar-refractivity contribution is 1.10. The van der Waals surface area contributed by atoms with Crippen molar-refractivity contribution in [3.63, 3.8) is 0 Å². The Bertz CT molecular complexity index is 532. The van der Waals surface area contributed by atoms with Crippen molar-refractivity contribution in [3.8, 4) is 0 Å². The van der Waals surface area contributed by atoms with Crippen LogP contribution in [-0.2, 0) is 6.54 Å². The van der Waals surface area contributed by atoms with Crippen molar-refractivity contribution in [2.75, 3.05) is 5.32 Å². The maximum absolute atomic E-state index is 4.14. The van der Waals surface area contributed by atoms with Crippen LogP contribution in [0.15, 0.2) is 45.6 Å². The van der Waals surface area contributed by atoms with E-state index >= 15 is 0 Å². The summed E-state index contributed by atoms with van der Waals surface area (Å²) in [7, 11) is 0. The van der Waals surface area contributed by atoms with Gasteiger partial charge in [0, 0.05) is 37.1 Å². The Morgan fingerprint density at radius 1 is 1.12 bits per heavy atom. The number of aromatic nitrogens is 1. The zero-order chi connectivity index (χ0) is 12.3. The number of nitrogens with zero attached hydrogens (tertiary/aromatic N) is 1. The molecule has 0 spiro atoms. The summed E-state index contributed by atoms with van der Waals surface area (Å²) in [4.78, 5) is 4.14. The molecule has 1 aromatic carbocycles. The van der Waals surface area contributed by atoms with Gasteiger partial charge in [0.15, 0.2) is 0 Å². The molecule has 0 radical (unpaired) electrons. The van der Waals surface area contributed by atoms with Crippen molar-refractivity contribution in [1.82, 2.24) is 4.98 Å². The van der Waals surface area contributed by atoms with E-state index in [1.165, 1.54) is 3.57 Å². The molecule has 0 aliphatic rings. The molecule has 0 saturated heterocycles. The van der Waals surface area contributed by atoms with Crippen molar-refractivity contribution in [1.29, 1.82) is 0 Å². The van der Waals surface area contributed by atoms with Crippen molar-refractivity contribution in [2.24, 2.45) is 0 Å². The van der Waals surface area contributed by atoms with E-state index < -0.39 is 0 Å². The monoisotopic (exact) mass is 466 g/mol. The molecule has 5 heteroatoms. The third kappa shape index (κ3) is 3.93. The molecule has 0 unspecified atom stereocenters. The lowest BCUT2D eigenvalue weighted by Gasteiger charge is -2.09. The molecule has 2 nitrogen and oxygen atoms in total.